The lowest BCUT2D eigenvalue weighted by Gasteiger charge is -2.13. The molecule has 0 radical (unpaired) electrons. The Kier molecular flexibility index (Phi) is 7.71. The molecular formula is C28H22ClN3O2S. The largest absolute Gasteiger partial charge is 0.495 e. The van der Waals surface area contributed by atoms with Crippen molar-refractivity contribution in [2.24, 2.45) is 0 Å². The van der Waals surface area contributed by atoms with Crippen molar-refractivity contribution >= 4 is 35.0 Å². The molecule has 0 saturated heterocycles. The number of pyridine rings is 1. The van der Waals surface area contributed by atoms with Crippen LogP contribution in [0.2, 0.25) is 5.02 Å². The van der Waals surface area contributed by atoms with E-state index in [0.29, 0.717) is 27.0 Å². The lowest BCUT2D eigenvalue weighted by atomic mass is 9.98. The second-order valence-electron chi connectivity index (χ2n) is 7.76. The highest BCUT2D eigenvalue weighted by Gasteiger charge is 2.17. The number of nitrogens with zero attached hydrogens (tertiary/aromatic N) is 2. The Morgan fingerprint density at radius 1 is 1.06 bits per heavy atom. The Balaban J connectivity index is 1.67. The van der Waals surface area contributed by atoms with Crippen LogP contribution in [0.4, 0.5) is 5.69 Å². The van der Waals surface area contributed by atoms with Gasteiger partial charge in [-0.3, -0.25) is 4.79 Å². The molecule has 0 bridgehead atoms. The molecule has 4 aromatic rings. The Bertz CT molecular complexity index is 1400. The van der Waals surface area contributed by atoms with Crippen molar-refractivity contribution in [1.82, 2.24) is 4.98 Å². The van der Waals surface area contributed by atoms with Crippen molar-refractivity contribution in [2.45, 2.75) is 11.9 Å². The lowest BCUT2D eigenvalue weighted by Crippen LogP contribution is -2.15. The number of hydrogen-bond acceptors (Lipinski definition) is 5. The smallest absolute Gasteiger partial charge is 0.234 e. The molecule has 1 N–H and O–H groups in total. The minimum atomic E-state index is -0.261. The molecule has 0 saturated carbocycles. The number of nitriles is 1. The van der Waals surface area contributed by atoms with Crippen molar-refractivity contribution in [3.05, 3.63) is 95.0 Å². The van der Waals surface area contributed by atoms with Crippen LogP contribution in [0.15, 0.2) is 83.9 Å². The van der Waals surface area contributed by atoms with Gasteiger partial charge in [0, 0.05) is 16.1 Å². The maximum absolute atomic E-state index is 12.8. The second kappa shape index (κ2) is 11.1. The van der Waals surface area contributed by atoms with Gasteiger partial charge in [-0.05, 0) is 36.8 Å². The highest BCUT2D eigenvalue weighted by Crippen LogP contribution is 2.35. The SMILES string of the molecule is COc1ccc(Cl)cc1NC(=O)CSc1nc(-c2ccccc2)cc(-c2ccc(C)cc2)c1C#N. The minimum Gasteiger partial charge on any atom is -0.495 e. The summed E-state index contributed by atoms with van der Waals surface area (Å²) >= 11 is 7.29. The van der Waals surface area contributed by atoms with E-state index in [1.165, 1.54) is 18.9 Å². The number of carbonyl (C=O) groups is 1. The number of thioether (sulfide) groups is 1. The summed E-state index contributed by atoms with van der Waals surface area (Å²) in [5.74, 6) is 0.308. The Morgan fingerprint density at radius 2 is 1.80 bits per heavy atom. The number of ether oxygens (including phenoxy) is 1. The molecule has 3 aromatic carbocycles. The first-order chi connectivity index (χ1) is 17.0. The first kappa shape index (κ1) is 24.3. The monoisotopic (exact) mass is 499 g/mol. The molecule has 1 heterocycles. The molecule has 0 unspecified atom stereocenters. The quantitative estimate of drug-likeness (QED) is 0.277. The van der Waals surface area contributed by atoms with Crippen LogP contribution in [-0.2, 0) is 4.79 Å². The third kappa shape index (κ3) is 5.83. The fourth-order valence-corrected chi connectivity index (χ4v) is 4.52. The number of rotatable bonds is 7. The number of amides is 1. The van der Waals surface area contributed by atoms with E-state index in [1.807, 2.05) is 67.6 Å². The van der Waals surface area contributed by atoms with Crippen LogP contribution in [-0.4, -0.2) is 23.8 Å². The van der Waals surface area contributed by atoms with Gasteiger partial charge in [-0.25, -0.2) is 4.98 Å². The summed E-state index contributed by atoms with van der Waals surface area (Å²) in [7, 11) is 1.53. The number of anilines is 1. The van der Waals surface area contributed by atoms with Gasteiger partial charge in [0.1, 0.15) is 16.8 Å². The van der Waals surface area contributed by atoms with Crippen LogP contribution >= 0.6 is 23.4 Å². The fourth-order valence-electron chi connectivity index (χ4n) is 3.55. The van der Waals surface area contributed by atoms with E-state index >= 15 is 0 Å². The molecule has 1 aromatic heterocycles. The lowest BCUT2D eigenvalue weighted by molar-refractivity contribution is -0.113. The van der Waals surface area contributed by atoms with E-state index in [2.05, 4.69) is 11.4 Å². The zero-order valence-electron chi connectivity index (χ0n) is 19.2. The zero-order valence-corrected chi connectivity index (χ0v) is 20.8. The van der Waals surface area contributed by atoms with Crippen molar-refractivity contribution in [3.8, 4) is 34.2 Å². The van der Waals surface area contributed by atoms with Gasteiger partial charge in [0.05, 0.1) is 29.8 Å². The number of halogens is 1. The zero-order chi connectivity index (χ0) is 24.8. The second-order valence-corrected chi connectivity index (χ2v) is 9.16. The molecule has 5 nitrogen and oxygen atoms in total. The summed E-state index contributed by atoms with van der Waals surface area (Å²) in [6, 6.07) is 27.0. The number of benzene rings is 3. The van der Waals surface area contributed by atoms with Gasteiger partial charge >= 0.3 is 0 Å². The highest BCUT2D eigenvalue weighted by atomic mass is 35.5. The highest BCUT2D eigenvalue weighted by molar-refractivity contribution is 8.00. The molecule has 4 rings (SSSR count). The number of nitrogens with one attached hydrogen (secondary N) is 1. The average molecular weight is 500 g/mol. The molecule has 0 aliphatic carbocycles. The maximum atomic E-state index is 12.8. The van der Waals surface area contributed by atoms with Crippen molar-refractivity contribution in [1.29, 1.82) is 5.26 Å². The fraction of sp³-hybridized carbons (Fsp3) is 0.107. The van der Waals surface area contributed by atoms with Gasteiger partial charge < -0.3 is 10.1 Å². The van der Waals surface area contributed by atoms with Crippen LogP contribution in [0.1, 0.15) is 11.1 Å². The summed E-state index contributed by atoms with van der Waals surface area (Å²) in [5.41, 5.74) is 5.42. The third-order valence-electron chi connectivity index (χ3n) is 5.31. The number of hydrogen-bond donors (Lipinski definition) is 1. The van der Waals surface area contributed by atoms with Gasteiger partial charge in [-0.15, -0.1) is 0 Å². The molecular weight excluding hydrogens is 478 g/mol. The van der Waals surface area contributed by atoms with Crippen LogP contribution in [0.25, 0.3) is 22.4 Å². The first-order valence-electron chi connectivity index (χ1n) is 10.8. The molecule has 0 atom stereocenters. The molecule has 174 valence electrons. The Morgan fingerprint density at radius 3 is 2.49 bits per heavy atom. The van der Waals surface area contributed by atoms with Gasteiger partial charge in [0.15, 0.2) is 0 Å². The predicted molar refractivity (Wildman–Crippen MR) is 142 cm³/mol. The van der Waals surface area contributed by atoms with Crippen molar-refractivity contribution < 1.29 is 9.53 Å². The van der Waals surface area contributed by atoms with Crippen molar-refractivity contribution in [3.63, 3.8) is 0 Å². The average Bonchev–Trinajstić information content (AvgIpc) is 2.88. The van der Waals surface area contributed by atoms with Crippen LogP contribution < -0.4 is 10.1 Å². The van der Waals surface area contributed by atoms with Crippen LogP contribution in [0, 0.1) is 18.3 Å². The summed E-state index contributed by atoms with van der Waals surface area (Å²) in [4.78, 5) is 17.5. The standard InChI is InChI=1S/C28H22ClN3O2S/c1-18-8-10-19(11-9-18)22-15-24(20-6-4-3-5-7-20)32-28(23(22)16-30)35-17-27(33)31-25-14-21(29)12-13-26(25)34-2/h3-15H,17H2,1-2H3,(H,31,33). The predicted octanol–water partition coefficient (Wildman–Crippen LogP) is 6.99. The minimum absolute atomic E-state index is 0.0585. The summed E-state index contributed by atoms with van der Waals surface area (Å²) in [5, 5.41) is 13.9. The van der Waals surface area contributed by atoms with Gasteiger partial charge in [0.25, 0.3) is 0 Å². The number of aryl methyl sites for hydroxylation is 1. The normalized spacial score (nSPS) is 10.5. The molecule has 1 amide bonds. The van der Waals surface area contributed by atoms with E-state index in [-0.39, 0.29) is 11.7 Å². The Labute approximate surface area is 213 Å². The van der Waals surface area contributed by atoms with Gasteiger partial charge in [-0.1, -0.05) is 83.5 Å². The molecule has 0 fully saturated rings. The summed E-state index contributed by atoms with van der Waals surface area (Å²) in [6.45, 7) is 2.02. The molecule has 0 spiro atoms. The molecule has 0 aliphatic rings. The van der Waals surface area contributed by atoms with Crippen LogP contribution in [0.3, 0.4) is 0 Å². The molecule has 35 heavy (non-hydrogen) atoms. The number of aromatic nitrogens is 1. The van der Waals surface area contributed by atoms with E-state index in [1.54, 1.807) is 18.2 Å². The number of carbonyl (C=O) groups excluding carboxylic acids is 1. The summed E-state index contributed by atoms with van der Waals surface area (Å²) in [6.07, 6.45) is 0. The third-order valence-corrected chi connectivity index (χ3v) is 6.52. The topological polar surface area (TPSA) is 75.0 Å². The molecule has 7 heteroatoms. The van der Waals surface area contributed by atoms with Gasteiger partial charge in [-0.2, -0.15) is 5.26 Å². The Hall–Kier alpha value is -3.79. The van der Waals surface area contributed by atoms with E-state index in [4.69, 9.17) is 21.3 Å². The summed E-state index contributed by atoms with van der Waals surface area (Å²) < 4.78 is 5.30. The van der Waals surface area contributed by atoms with Crippen molar-refractivity contribution in [2.75, 3.05) is 18.2 Å². The number of methoxy groups -OCH3 is 1. The van der Waals surface area contributed by atoms with E-state index in [0.717, 1.165) is 27.9 Å². The maximum Gasteiger partial charge on any atom is 0.234 e. The van der Waals surface area contributed by atoms with E-state index in [9.17, 15) is 10.1 Å². The first-order valence-corrected chi connectivity index (χ1v) is 12.2. The van der Waals surface area contributed by atoms with Crippen LogP contribution in [0.5, 0.6) is 5.75 Å². The molecule has 0 aliphatic heterocycles. The van der Waals surface area contributed by atoms with E-state index < -0.39 is 0 Å². The van der Waals surface area contributed by atoms with Gasteiger partial charge in [0.2, 0.25) is 5.91 Å².